The Labute approximate surface area is 85.1 Å². The van der Waals surface area contributed by atoms with E-state index in [1.54, 1.807) is 0 Å². The van der Waals surface area contributed by atoms with Gasteiger partial charge in [0, 0.05) is 0 Å². The van der Waals surface area contributed by atoms with Crippen molar-refractivity contribution < 1.29 is 14.2 Å². The normalized spacial score (nSPS) is 11.2. The maximum absolute atomic E-state index is 10.8. The van der Waals surface area contributed by atoms with Gasteiger partial charge in [0.25, 0.3) is 0 Å². The van der Waals surface area contributed by atoms with Crippen LogP contribution in [0.5, 0.6) is 0 Å². The van der Waals surface area contributed by atoms with Gasteiger partial charge in [-0.3, -0.25) is 10.1 Å². The van der Waals surface area contributed by atoms with E-state index in [4.69, 9.17) is 5.73 Å². The van der Waals surface area contributed by atoms with Crippen molar-refractivity contribution in [2.45, 2.75) is 0 Å². The van der Waals surface area contributed by atoms with Crippen LogP contribution in [0.25, 0.3) is 22.1 Å². The molecule has 2 N–H and O–H groups in total. The second-order valence-corrected chi connectivity index (χ2v) is 2.94. The van der Waals surface area contributed by atoms with Crippen LogP contribution in [0.2, 0.25) is 0 Å². The summed E-state index contributed by atoms with van der Waals surface area (Å²) >= 11 is 0. The van der Waals surface area contributed by atoms with Crippen molar-refractivity contribution in [1.82, 2.24) is 20.6 Å². The van der Waals surface area contributed by atoms with E-state index in [0.29, 0.717) is 0 Å². The predicted molar refractivity (Wildman–Crippen MR) is 48.2 cm³/mol. The lowest BCUT2D eigenvalue weighted by Gasteiger charge is -1.95. The van der Waals surface area contributed by atoms with Gasteiger partial charge < -0.3 is 5.73 Å². The third kappa shape index (κ3) is 0.846. The number of hydrogen-bond acceptors (Lipinski definition) is 9. The number of nitrogens with zero attached hydrogens (tertiary/aromatic N) is 5. The average Bonchev–Trinajstić information content (AvgIpc) is 2.82. The van der Waals surface area contributed by atoms with Crippen molar-refractivity contribution in [3.05, 3.63) is 10.1 Å². The maximum atomic E-state index is 10.8. The zero-order valence-corrected chi connectivity index (χ0v) is 7.45. The summed E-state index contributed by atoms with van der Waals surface area (Å²) in [5, 5.41) is 24.7. The van der Waals surface area contributed by atoms with Crippen LogP contribution in [0.15, 0.2) is 9.26 Å². The number of nitrogens with two attached hydrogens (primary N) is 1. The third-order valence-corrected chi connectivity index (χ3v) is 2.12. The van der Waals surface area contributed by atoms with Crippen LogP contribution in [0.4, 0.5) is 11.4 Å². The molecule has 0 fully saturated rings. The lowest BCUT2D eigenvalue weighted by atomic mass is 10.2. The second kappa shape index (κ2) is 2.62. The molecule has 0 atom stereocenters. The van der Waals surface area contributed by atoms with Crippen molar-refractivity contribution in [1.29, 1.82) is 0 Å². The van der Waals surface area contributed by atoms with Gasteiger partial charge in [-0.1, -0.05) is 0 Å². The lowest BCUT2D eigenvalue weighted by Crippen LogP contribution is -1.98. The van der Waals surface area contributed by atoms with E-state index in [-0.39, 0.29) is 27.8 Å². The van der Waals surface area contributed by atoms with Gasteiger partial charge >= 0.3 is 5.69 Å². The Morgan fingerprint density at radius 1 is 1.00 bits per heavy atom. The number of nitro benzene ring substituents is 1. The number of rotatable bonds is 1. The highest BCUT2D eigenvalue weighted by Crippen LogP contribution is 2.35. The monoisotopic (exact) mass is 222 g/mol. The van der Waals surface area contributed by atoms with Crippen molar-refractivity contribution in [2.75, 3.05) is 5.73 Å². The standard InChI is InChI=1S/C6H2N6O4/c7-1-2-3(9-15-8-2)4-5(11-16-10-4)6(1)12(13)14/h7H2. The Morgan fingerprint density at radius 3 is 2.12 bits per heavy atom. The SMILES string of the molecule is Nc1c([N+](=O)[O-])c2nonc2c2nonc12. The number of nitro groups is 1. The Balaban J connectivity index is 2.66. The Hall–Kier alpha value is -2.78. The highest BCUT2D eigenvalue weighted by molar-refractivity contribution is 6.11. The minimum atomic E-state index is -0.685. The lowest BCUT2D eigenvalue weighted by molar-refractivity contribution is -0.382. The molecule has 2 aromatic heterocycles. The van der Waals surface area contributed by atoms with Crippen molar-refractivity contribution in [2.24, 2.45) is 0 Å². The molecular weight excluding hydrogens is 220 g/mol. The minimum absolute atomic E-state index is 0.0647. The van der Waals surface area contributed by atoms with Crippen LogP contribution in [0.1, 0.15) is 0 Å². The van der Waals surface area contributed by atoms with Gasteiger partial charge in [-0.2, -0.15) is 0 Å². The largest absolute Gasteiger partial charge is 0.391 e. The summed E-state index contributed by atoms with van der Waals surface area (Å²) in [4.78, 5) is 10.2. The molecule has 16 heavy (non-hydrogen) atoms. The number of anilines is 1. The molecule has 0 unspecified atom stereocenters. The Kier molecular flexibility index (Phi) is 1.40. The third-order valence-electron chi connectivity index (χ3n) is 2.12. The molecule has 0 saturated heterocycles. The van der Waals surface area contributed by atoms with Crippen molar-refractivity contribution in [3.63, 3.8) is 0 Å². The molecule has 3 rings (SSSR count). The van der Waals surface area contributed by atoms with Crippen LogP contribution in [0, 0.1) is 10.1 Å². The molecule has 0 saturated carbocycles. The molecule has 1 aromatic carbocycles. The zero-order chi connectivity index (χ0) is 11.3. The van der Waals surface area contributed by atoms with Gasteiger partial charge in [0.05, 0.1) is 4.92 Å². The Morgan fingerprint density at radius 2 is 1.50 bits per heavy atom. The molecule has 0 spiro atoms. The number of fused-ring (bicyclic) bond motifs is 3. The molecule has 0 amide bonds. The van der Waals surface area contributed by atoms with Gasteiger partial charge in [0.1, 0.15) is 5.69 Å². The molecule has 0 aliphatic rings. The first-order valence-corrected chi connectivity index (χ1v) is 4.00. The van der Waals surface area contributed by atoms with Crippen molar-refractivity contribution >= 4 is 33.4 Å². The van der Waals surface area contributed by atoms with E-state index in [0.717, 1.165) is 0 Å². The summed E-state index contributed by atoms with van der Waals surface area (Å²) < 4.78 is 8.86. The summed E-state index contributed by atoms with van der Waals surface area (Å²) in [5.41, 5.74) is 5.24. The van der Waals surface area contributed by atoms with E-state index in [1.165, 1.54) is 0 Å². The minimum Gasteiger partial charge on any atom is -0.391 e. The van der Waals surface area contributed by atoms with E-state index >= 15 is 0 Å². The smallest absolute Gasteiger partial charge is 0.325 e. The van der Waals surface area contributed by atoms with Crippen LogP contribution in [0.3, 0.4) is 0 Å². The molecule has 10 heteroatoms. The first-order chi connectivity index (χ1) is 7.70. The maximum Gasteiger partial charge on any atom is 0.325 e. The van der Waals surface area contributed by atoms with E-state index in [9.17, 15) is 10.1 Å². The van der Waals surface area contributed by atoms with Gasteiger partial charge in [-0.15, -0.1) is 0 Å². The zero-order valence-electron chi connectivity index (χ0n) is 7.45. The van der Waals surface area contributed by atoms with Gasteiger partial charge in [-0.05, 0) is 20.6 Å². The van der Waals surface area contributed by atoms with E-state index < -0.39 is 10.6 Å². The quantitative estimate of drug-likeness (QED) is 0.347. The topological polar surface area (TPSA) is 147 Å². The summed E-state index contributed by atoms with van der Waals surface area (Å²) in [7, 11) is 0. The van der Waals surface area contributed by atoms with Crippen LogP contribution < -0.4 is 5.73 Å². The molecule has 0 aliphatic carbocycles. The molecule has 2 heterocycles. The highest BCUT2D eigenvalue weighted by atomic mass is 16.6. The fourth-order valence-corrected chi connectivity index (χ4v) is 1.44. The fourth-order valence-electron chi connectivity index (χ4n) is 1.44. The van der Waals surface area contributed by atoms with E-state index in [2.05, 4.69) is 29.9 Å². The molecule has 80 valence electrons. The van der Waals surface area contributed by atoms with Gasteiger partial charge in [-0.25, -0.2) is 9.26 Å². The van der Waals surface area contributed by atoms with Gasteiger partial charge in [0.15, 0.2) is 16.6 Å². The molecule has 0 aliphatic heterocycles. The number of aromatic nitrogens is 4. The predicted octanol–water partition coefficient (Wildman–Crippen LogP) is 0.249. The highest BCUT2D eigenvalue weighted by Gasteiger charge is 2.28. The fraction of sp³-hybridized carbons (Fsp3) is 0. The first kappa shape index (κ1) is 8.52. The van der Waals surface area contributed by atoms with Crippen LogP contribution in [-0.4, -0.2) is 25.5 Å². The van der Waals surface area contributed by atoms with Crippen molar-refractivity contribution in [3.8, 4) is 0 Å². The molecule has 0 radical (unpaired) electrons. The summed E-state index contributed by atoms with van der Waals surface area (Å²) in [6.07, 6.45) is 0. The molecular formula is C6H2N6O4. The second-order valence-electron chi connectivity index (χ2n) is 2.94. The summed E-state index contributed by atoms with van der Waals surface area (Å²) in [5.74, 6) is 0. The van der Waals surface area contributed by atoms with Crippen LogP contribution >= 0.6 is 0 Å². The van der Waals surface area contributed by atoms with Crippen LogP contribution in [-0.2, 0) is 0 Å². The average molecular weight is 222 g/mol. The molecule has 0 bridgehead atoms. The molecule has 10 nitrogen and oxygen atoms in total. The Bertz CT molecular complexity index is 714. The first-order valence-electron chi connectivity index (χ1n) is 4.00. The van der Waals surface area contributed by atoms with E-state index in [1.807, 2.05) is 0 Å². The number of nitrogen functional groups attached to an aromatic ring is 1. The molecule has 3 aromatic rings. The van der Waals surface area contributed by atoms with Gasteiger partial charge in [0.2, 0.25) is 5.52 Å². The number of benzene rings is 1. The number of hydrogen-bond donors (Lipinski definition) is 1. The summed E-state index contributed by atoms with van der Waals surface area (Å²) in [6.45, 7) is 0. The summed E-state index contributed by atoms with van der Waals surface area (Å²) in [6, 6.07) is 0.